The van der Waals surface area contributed by atoms with Crippen molar-refractivity contribution in [2.45, 2.75) is 12.7 Å². The van der Waals surface area contributed by atoms with E-state index < -0.39 is 23.5 Å². The van der Waals surface area contributed by atoms with Gasteiger partial charge >= 0.3 is 6.18 Å². The number of amides is 1. The van der Waals surface area contributed by atoms with E-state index in [1.807, 2.05) is 0 Å². The number of alkyl halides is 3. The lowest BCUT2D eigenvalue weighted by molar-refractivity contribution is -0.137. The molecule has 2 N–H and O–H groups in total. The molecule has 0 aliphatic rings. The van der Waals surface area contributed by atoms with E-state index in [0.29, 0.717) is 33.7 Å². The van der Waals surface area contributed by atoms with Crippen molar-refractivity contribution in [3.05, 3.63) is 83.8 Å². The van der Waals surface area contributed by atoms with Crippen LogP contribution in [0, 0.1) is 5.82 Å². The van der Waals surface area contributed by atoms with Crippen molar-refractivity contribution >= 4 is 33.5 Å². The molecule has 0 fully saturated rings. The maximum absolute atomic E-state index is 14.6. The Kier molecular flexibility index (Phi) is 5.15. The molecular weight excluding hydrogens is 466 g/mol. The van der Waals surface area contributed by atoms with Gasteiger partial charge in [-0.3, -0.25) is 9.48 Å². The van der Waals surface area contributed by atoms with Gasteiger partial charge in [-0.2, -0.15) is 18.3 Å². The van der Waals surface area contributed by atoms with Crippen molar-refractivity contribution in [3.8, 4) is 0 Å². The van der Waals surface area contributed by atoms with Gasteiger partial charge in [0.2, 0.25) is 0 Å². The third-order valence-electron chi connectivity index (χ3n) is 5.66. The van der Waals surface area contributed by atoms with Crippen molar-refractivity contribution < 1.29 is 22.4 Å². The number of pyridine rings is 1. The number of hydrogen-bond donors (Lipinski definition) is 1. The van der Waals surface area contributed by atoms with Gasteiger partial charge in [-0.05, 0) is 30.3 Å². The van der Waals surface area contributed by atoms with Gasteiger partial charge in [0.1, 0.15) is 18.0 Å². The van der Waals surface area contributed by atoms with Crippen molar-refractivity contribution in [1.82, 2.24) is 24.4 Å². The van der Waals surface area contributed by atoms with Crippen LogP contribution in [0.2, 0.25) is 0 Å². The van der Waals surface area contributed by atoms with E-state index in [1.54, 1.807) is 36.1 Å². The molecule has 35 heavy (non-hydrogen) atoms. The highest BCUT2D eigenvalue weighted by Crippen LogP contribution is 2.31. The summed E-state index contributed by atoms with van der Waals surface area (Å²) in [6.07, 6.45) is 1.14. The fourth-order valence-corrected chi connectivity index (χ4v) is 3.91. The molecule has 0 saturated heterocycles. The maximum atomic E-state index is 14.6. The van der Waals surface area contributed by atoms with E-state index in [9.17, 15) is 22.4 Å². The number of carbonyl (C=O) groups excluding carboxylic acids is 1. The smallest absolute Gasteiger partial charge is 0.383 e. The Morgan fingerprint density at radius 1 is 1.14 bits per heavy atom. The van der Waals surface area contributed by atoms with Gasteiger partial charge in [0.25, 0.3) is 5.91 Å². The van der Waals surface area contributed by atoms with E-state index in [1.165, 1.54) is 28.4 Å². The molecule has 2 aromatic carbocycles. The molecule has 0 bridgehead atoms. The number of nitrogen functional groups attached to an aromatic ring is 1. The molecule has 0 atom stereocenters. The number of hydrogen-bond acceptors (Lipinski definition) is 5. The minimum Gasteiger partial charge on any atom is -0.383 e. The standard InChI is InChI=1S/C23H17F4N7O/c1-32-20-16-8-13(3-5-19(16)31-21(28)17(20)10-30-32)22(35)34(33-7-6-29-12-33)11-14-2-4-15(9-18(14)24)23(25,26)27/h2-10,12H,11H2,1H3,(H2,28,31). The van der Waals surface area contributed by atoms with E-state index in [-0.39, 0.29) is 17.7 Å². The van der Waals surface area contributed by atoms with Crippen LogP contribution in [0.5, 0.6) is 0 Å². The molecule has 0 aliphatic carbocycles. The number of fused-ring (bicyclic) bond motifs is 3. The van der Waals surface area contributed by atoms with Gasteiger partial charge in [0.15, 0.2) is 0 Å². The quantitative estimate of drug-likeness (QED) is 0.390. The zero-order valence-electron chi connectivity index (χ0n) is 18.2. The van der Waals surface area contributed by atoms with Gasteiger partial charge in [0, 0.05) is 36.0 Å². The molecule has 3 aromatic heterocycles. The fourth-order valence-electron chi connectivity index (χ4n) is 3.91. The topological polar surface area (TPSA) is 94.9 Å². The van der Waals surface area contributed by atoms with E-state index >= 15 is 0 Å². The molecule has 0 spiro atoms. The third kappa shape index (κ3) is 3.92. The Balaban J connectivity index is 1.57. The number of nitrogens with two attached hydrogens (primary N) is 1. The minimum atomic E-state index is -4.68. The van der Waals surface area contributed by atoms with Crippen molar-refractivity contribution in [2.75, 3.05) is 10.7 Å². The van der Waals surface area contributed by atoms with Crippen LogP contribution in [-0.2, 0) is 19.8 Å². The first kappa shape index (κ1) is 22.3. The monoisotopic (exact) mass is 483 g/mol. The zero-order valence-corrected chi connectivity index (χ0v) is 18.2. The molecular formula is C23H17F4N7O. The van der Waals surface area contributed by atoms with Gasteiger partial charge in [0.05, 0.1) is 34.7 Å². The number of carbonyl (C=O) groups is 1. The number of imidazole rings is 1. The van der Waals surface area contributed by atoms with E-state index in [2.05, 4.69) is 15.1 Å². The van der Waals surface area contributed by atoms with Gasteiger partial charge < -0.3 is 5.73 Å². The van der Waals surface area contributed by atoms with Crippen LogP contribution in [0.3, 0.4) is 0 Å². The van der Waals surface area contributed by atoms with Crippen LogP contribution < -0.4 is 10.7 Å². The summed E-state index contributed by atoms with van der Waals surface area (Å²) in [5.74, 6) is -1.30. The van der Waals surface area contributed by atoms with Crippen LogP contribution in [0.1, 0.15) is 21.5 Å². The van der Waals surface area contributed by atoms with Gasteiger partial charge in [-0.25, -0.2) is 24.0 Å². The number of halogens is 4. The second-order valence-corrected chi connectivity index (χ2v) is 7.87. The second kappa shape index (κ2) is 8.08. The number of nitrogens with zero attached hydrogens (tertiary/aromatic N) is 6. The fraction of sp³-hybridized carbons (Fsp3) is 0.130. The average Bonchev–Trinajstić information content (AvgIpc) is 3.48. The van der Waals surface area contributed by atoms with Crippen LogP contribution in [0.15, 0.2) is 61.3 Å². The molecule has 8 nitrogen and oxygen atoms in total. The summed E-state index contributed by atoms with van der Waals surface area (Å²) in [5.41, 5.74) is 6.31. The second-order valence-electron chi connectivity index (χ2n) is 7.87. The summed E-state index contributed by atoms with van der Waals surface area (Å²) in [6, 6.07) is 7.02. The summed E-state index contributed by atoms with van der Waals surface area (Å²) in [6.45, 7) is -0.335. The lowest BCUT2D eigenvalue weighted by Gasteiger charge is -2.24. The number of benzene rings is 2. The van der Waals surface area contributed by atoms with Gasteiger partial charge in [-0.15, -0.1) is 0 Å². The molecule has 0 aliphatic heterocycles. The molecule has 5 rings (SSSR count). The largest absolute Gasteiger partial charge is 0.416 e. The first-order valence-electron chi connectivity index (χ1n) is 10.3. The number of rotatable bonds is 4. The van der Waals surface area contributed by atoms with E-state index in [4.69, 9.17) is 5.73 Å². The number of anilines is 1. The van der Waals surface area contributed by atoms with Crippen molar-refractivity contribution in [1.29, 1.82) is 0 Å². The lowest BCUT2D eigenvalue weighted by Crippen LogP contribution is -2.39. The SMILES string of the molecule is Cn1ncc2c(N)nc3ccc(C(=O)N(Cc4ccc(C(F)(F)F)cc4F)n4ccnc4)cc3c21. The molecule has 1 amide bonds. The Morgan fingerprint density at radius 3 is 2.63 bits per heavy atom. The summed E-state index contributed by atoms with van der Waals surface area (Å²) < 4.78 is 56.4. The Bertz CT molecular complexity index is 1570. The molecule has 12 heteroatoms. The highest BCUT2D eigenvalue weighted by molar-refractivity contribution is 6.11. The van der Waals surface area contributed by atoms with E-state index in [0.717, 1.165) is 12.1 Å². The summed E-state index contributed by atoms with van der Waals surface area (Å²) in [5, 5.41) is 6.64. The Labute approximate surface area is 195 Å². The molecule has 0 unspecified atom stereocenters. The predicted octanol–water partition coefficient (Wildman–Crippen LogP) is 4.04. The molecule has 0 saturated carbocycles. The van der Waals surface area contributed by atoms with Crippen molar-refractivity contribution in [2.24, 2.45) is 7.05 Å². The Hall–Kier alpha value is -4.48. The molecule has 5 aromatic rings. The summed E-state index contributed by atoms with van der Waals surface area (Å²) in [7, 11) is 1.74. The normalized spacial score (nSPS) is 11.9. The zero-order chi connectivity index (χ0) is 24.9. The first-order chi connectivity index (χ1) is 16.6. The highest BCUT2D eigenvalue weighted by atomic mass is 19.4. The van der Waals surface area contributed by atoms with Crippen molar-refractivity contribution in [3.63, 3.8) is 0 Å². The first-order valence-corrected chi connectivity index (χ1v) is 10.3. The molecule has 0 radical (unpaired) electrons. The minimum absolute atomic E-state index is 0.0932. The molecule has 3 heterocycles. The lowest BCUT2D eigenvalue weighted by atomic mass is 10.1. The molecule has 178 valence electrons. The third-order valence-corrected chi connectivity index (χ3v) is 5.66. The number of aryl methyl sites for hydroxylation is 1. The van der Waals surface area contributed by atoms with Gasteiger partial charge in [-0.1, -0.05) is 6.07 Å². The summed E-state index contributed by atoms with van der Waals surface area (Å²) >= 11 is 0. The van der Waals surface area contributed by atoms with Crippen LogP contribution in [0.4, 0.5) is 23.4 Å². The highest BCUT2D eigenvalue weighted by Gasteiger charge is 2.31. The average molecular weight is 483 g/mol. The van der Waals surface area contributed by atoms with Crippen LogP contribution >= 0.6 is 0 Å². The maximum Gasteiger partial charge on any atom is 0.416 e. The van der Waals surface area contributed by atoms with Crippen LogP contribution in [-0.4, -0.2) is 30.3 Å². The van der Waals surface area contributed by atoms with Crippen LogP contribution in [0.25, 0.3) is 21.8 Å². The number of aromatic nitrogens is 5. The Morgan fingerprint density at radius 2 is 1.94 bits per heavy atom. The summed E-state index contributed by atoms with van der Waals surface area (Å²) in [4.78, 5) is 21.9. The predicted molar refractivity (Wildman–Crippen MR) is 120 cm³/mol.